The summed E-state index contributed by atoms with van der Waals surface area (Å²) in [7, 11) is -1.85. The average Bonchev–Trinajstić information content (AvgIpc) is 2.63. The predicted octanol–water partition coefficient (Wildman–Crippen LogP) is 4.35. The summed E-state index contributed by atoms with van der Waals surface area (Å²) in [6.45, 7) is 0. The van der Waals surface area contributed by atoms with E-state index in [9.17, 15) is 8.42 Å². The van der Waals surface area contributed by atoms with Crippen molar-refractivity contribution in [2.24, 2.45) is 0 Å². The van der Waals surface area contributed by atoms with Crippen molar-refractivity contribution in [3.05, 3.63) is 24.3 Å². The molecular weight excluding hydrogens is 322 g/mol. The third-order valence-electron chi connectivity index (χ3n) is 5.50. The van der Waals surface area contributed by atoms with Crippen molar-refractivity contribution < 1.29 is 13.2 Å². The zero-order valence-electron chi connectivity index (χ0n) is 14.6. The number of hydrogen-bond donors (Lipinski definition) is 0. The molecule has 0 unspecified atom stereocenters. The molecule has 2 saturated carbocycles. The van der Waals surface area contributed by atoms with E-state index in [2.05, 4.69) is 0 Å². The standard InChI is InChI=1S/C19H29NO3S/c1-23-18-12-14-19(15-13-18)24(21,22)20(16-8-4-2-5-9-16)17-10-6-3-7-11-17/h12-17H,2-11H2,1H3. The van der Waals surface area contributed by atoms with Gasteiger partial charge in [-0.3, -0.25) is 0 Å². The van der Waals surface area contributed by atoms with Gasteiger partial charge in [-0.15, -0.1) is 0 Å². The van der Waals surface area contributed by atoms with Crippen LogP contribution in [0.2, 0.25) is 0 Å². The smallest absolute Gasteiger partial charge is 0.243 e. The third-order valence-corrected chi connectivity index (χ3v) is 7.52. The Morgan fingerprint density at radius 2 is 1.29 bits per heavy atom. The molecular formula is C19H29NO3S. The van der Waals surface area contributed by atoms with Gasteiger partial charge in [-0.1, -0.05) is 38.5 Å². The Labute approximate surface area is 146 Å². The lowest BCUT2D eigenvalue weighted by Crippen LogP contribution is -2.48. The number of benzene rings is 1. The lowest BCUT2D eigenvalue weighted by molar-refractivity contribution is 0.169. The van der Waals surface area contributed by atoms with Crippen molar-refractivity contribution in [2.45, 2.75) is 81.2 Å². The van der Waals surface area contributed by atoms with Gasteiger partial charge in [0.25, 0.3) is 0 Å². The Morgan fingerprint density at radius 1 is 0.833 bits per heavy atom. The largest absolute Gasteiger partial charge is 0.497 e. The van der Waals surface area contributed by atoms with Crippen molar-refractivity contribution in [2.75, 3.05) is 7.11 Å². The molecule has 3 rings (SSSR count). The van der Waals surface area contributed by atoms with Gasteiger partial charge in [0, 0.05) is 12.1 Å². The van der Waals surface area contributed by atoms with Gasteiger partial charge in [-0.05, 0) is 49.9 Å². The Kier molecular flexibility index (Phi) is 5.82. The van der Waals surface area contributed by atoms with Crippen LogP contribution in [0.5, 0.6) is 5.75 Å². The lowest BCUT2D eigenvalue weighted by atomic mass is 9.91. The molecule has 0 bridgehead atoms. The van der Waals surface area contributed by atoms with Crippen LogP contribution in [0.15, 0.2) is 29.2 Å². The predicted molar refractivity (Wildman–Crippen MR) is 95.8 cm³/mol. The second kappa shape index (κ2) is 7.87. The third kappa shape index (κ3) is 3.77. The topological polar surface area (TPSA) is 46.6 Å². The number of ether oxygens (including phenoxy) is 1. The lowest BCUT2D eigenvalue weighted by Gasteiger charge is -2.40. The molecule has 2 aliphatic rings. The molecule has 0 atom stereocenters. The van der Waals surface area contributed by atoms with Crippen molar-refractivity contribution in [1.29, 1.82) is 0 Å². The van der Waals surface area contributed by atoms with Crippen molar-refractivity contribution in [3.8, 4) is 5.75 Å². The van der Waals surface area contributed by atoms with Gasteiger partial charge in [0.2, 0.25) is 10.0 Å². The number of rotatable bonds is 5. The first-order chi connectivity index (χ1) is 11.6. The molecule has 0 N–H and O–H groups in total. The molecule has 134 valence electrons. The summed E-state index contributed by atoms with van der Waals surface area (Å²) >= 11 is 0. The SMILES string of the molecule is COc1ccc(S(=O)(=O)N(C2CCCCC2)C2CCCCC2)cc1. The van der Waals surface area contributed by atoms with Crippen LogP contribution in [0.25, 0.3) is 0 Å². The van der Waals surface area contributed by atoms with Gasteiger partial charge >= 0.3 is 0 Å². The summed E-state index contributed by atoms with van der Waals surface area (Å²) < 4.78 is 33.9. The second-order valence-electron chi connectivity index (χ2n) is 7.09. The van der Waals surface area contributed by atoms with Crippen LogP contribution >= 0.6 is 0 Å². The van der Waals surface area contributed by atoms with Crippen LogP contribution in [-0.2, 0) is 10.0 Å². The number of hydrogen-bond acceptors (Lipinski definition) is 3. The minimum Gasteiger partial charge on any atom is -0.497 e. The summed E-state index contributed by atoms with van der Waals surface area (Å²) in [5, 5.41) is 0. The first-order valence-corrected chi connectivity index (χ1v) is 10.7. The van der Waals surface area contributed by atoms with E-state index in [1.165, 1.54) is 12.8 Å². The van der Waals surface area contributed by atoms with Crippen LogP contribution in [0.3, 0.4) is 0 Å². The minimum atomic E-state index is -3.45. The van der Waals surface area contributed by atoms with Crippen LogP contribution in [-0.4, -0.2) is 31.9 Å². The highest BCUT2D eigenvalue weighted by atomic mass is 32.2. The fourth-order valence-electron chi connectivity index (χ4n) is 4.23. The molecule has 5 heteroatoms. The maximum atomic E-state index is 13.4. The monoisotopic (exact) mass is 351 g/mol. The molecule has 0 amide bonds. The van der Waals surface area contributed by atoms with E-state index in [1.807, 2.05) is 4.31 Å². The quantitative estimate of drug-likeness (QED) is 0.792. The molecule has 2 fully saturated rings. The zero-order chi connectivity index (χ0) is 17.0. The maximum Gasteiger partial charge on any atom is 0.243 e. The van der Waals surface area contributed by atoms with Gasteiger partial charge in [0.1, 0.15) is 5.75 Å². The molecule has 1 aromatic rings. The van der Waals surface area contributed by atoms with E-state index in [1.54, 1.807) is 31.4 Å². The molecule has 24 heavy (non-hydrogen) atoms. The van der Waals surface area contributed by atoms with Crippen LogP contribution in [0.4, 0.5) is 0 Å². The summed E-state index contributed by atoms with van der Waals surface area (Å²) in [4.78, 5) is 0.402. The van der Waals surface area contributed by atoms with Gasteiger partial charge in [-0.25, -0.2) is 8.42 Å². The van der Waals surface area contributed by atoms with Gasteiger partial charge in [0.05, 0.1) is 12.0 Å². The highest BCUT2D eigenvalue weighted by Gasteiger charge is 2.38. The summed E-state index contributed by atoms with van der Waals surface area (Å²) in [6, 6.07) is 7.21. The molecule has 2 aliphatic carbocycles. The van der Waals surface area contributed by atoms with E-state index in [0.717, 1.165) is 51.4 Å². The Balaban J connectivity index is 1.92. The second-order valence-corrected chi connectivity index (χ2v) is 8.94. The first kappa shape index (κ1) is 17.7. The molecule has 0 radical (unpaired) electrons. The number of sulfonamides is 1. The molecule has 0 aliphatic heterocycles. The molecule has 0 spiro atoms. The van der Waals surface area contributed by atoms with Crippen molar-refractivity contribution in [1.82, 2.24) is 4.31 Å². The van der Waals surface area contributed by atoms with Crippen LogP contribution in [0, 0.1) is 0 Å². The van der Waals surface area contributed by atoms with Gasteiger partial charge < -0.3 is 4.74 Å². The highest BCUT2D eigenvalue weighted by molar-refractivity contribution is 7.89. The van der Waals surface area contributed by atoms with Gasteiger partial charge in [-0.2, -0.15) is 4.31 Å². The Morgan fingerprint density at radius 3 is 1.71 bits per heavy atom. The fourth-order valence-corrected chi connectivity index (χ4v) is 6.16. The summed E-state index contributed by atoms with van der Waals surface area (Å²) in [6.07, 6.45) is 11.1. The van der Waals surface area contributed by atoms with Crippen LogP contribution < -0.4 is 4.74 Å². The average molecular weight is 352 g/mol. The Bertz CT molecular complexity index is 597. The van der Waals surface area contributed by atoms with Crippen LogP contribution in [0.1, 0.15) is 64.2 Å². The molecule has 1 aromatic carbocycles. The number of nitrogens with zero attached hydrogens (tertiary/aromatic N) is 1. The normalized spacial score (nSPS) is 21.1. The van der Waals surface area contributed by atoms with E-state index >= 15 is 0 Å². The molecule has 0 saturated heterocycles. The minimum absolute atomic E-state index is 0.175. The fraction of sp³-hybridized carbons (Fsp3) is 0.684. The molecule has 0 heterocycles. The summed E-state index contributed by atoms with van der Waals surface area (Å²) in [5.74, 6) is 0.691. The molecule has 0 aromatic heterocycles. The zero-order valence-corrected chi connectivity index (χ0v) is 15.4. The summed E-state index contributed by atoms with van der Waals surface area (Å²) in [5.41, 5.74) is 0. The Hall–Kier alpha value is -1.07. The molecule has 4 nitrogen and oxygen atoms in total. The van der Waals surface area contributed by atoms with Gasteiger partial charge in [0.15, 0.2) is 0 Å². The maximum absolute atomic E-state index is 13.4. The van der Waals surface area contributed by atoms with Crippen molar-refractivity contribution in [3.63, 3.8) is 0 Å². The van der Waals surface area contributed by atoms with E-state index < -0.39 is 10.0 Å². The highest BCUT2D eigenvalue weighted by Crippen LogP contribution is 2.35. The number of methoxy groups -OCH3 is 1. The van der Waals surface area contributed by atoms with E-state index in [-0.39, 0.29) is 12.1 Å². The van der Waals surface area contributed by atoms with Crippen molar-refractivity contribution >= 4 is 10.0 Å². The van der Waals surface area contributed by atoms with E-state index in [0.29, 0.717) is 10.6 Å². The first-order valence-electron chi connectivity index (χ1n) is 9.30. The van der Waals surface area contributed by atoms with E-state index in [4.69, 9.17) is 4.74 Å².